The fraction of sp³-hybridized carbons (Fsp3) is 0.357. The molecule has 0 radical (unpaired) electrons. The molecule has 0 bridgehead atoms. The molecule has 0 saturated carbocycles. The lowest BCUT2D eigenvalue weighted by Crippen LogP contribution is -2.27. The van der Waals surface area contributed by atoms with Crippen LogP contribution in [-0.2, 0) is 0 Å². The number of pyridine rings is 1. The van der Waals surface area contributed by atoms with Crippen LogP contribution in [0.5, 0.6) is 5.88 Å². The predicted octanol–water partition coefficient (Wildman–Crippen LogP) is 4.52. The fourth-order valence-electron chi connectivity index (χ4n) is 1.78. The Labute approximate surface area is 146 Å². The summed E-state index contributed by atoms with van der Waals surface area (Å²) in [5.74, 6) is -0.846. The van der Waals surface area contributed by atoms with Gasteiger partial charge in [-0.1, -0.05) is 30.1 Å². The molecule has 1 atom stereocenters. The van der Waals surface area contributed by atoms with Gasteiger partial charge in [-0.3, -0.25) is 0 Å². The summed E-state index contributed by atoms with van der Waals surface area (Å²) in [4.78, 5) is 11.0. The first-order valence-electron chi connectivity index (χ1n) is 6.91. The molecule has 0 aliphatic rings. The maximum atomic E-state index is 13.6. The molecule has 0 aliphatic carbocycles. The summed E-state index contributed by atoms with van der Waals surface area (Å²) in [6, 6.07) is 0.717. The van der Waals surface area contributed by atoms with Gasteiger partial charge in [-0.15, -0.1) is 0 Å². The van der Waals surface area contributed by atoms with Crippen LogP contribution in [0.25, 0.3) is 0 Å². The SMILES string of the molecule is CCC(COc1ncc(Cl)cc1F)Nc1ncnc(C(F)F)c1Cl. The molecular weight excluding hydrogens is 368 g/mol. The average molecular weight is 381 g/mol. The molecule has 5 nitrogen and oxygen atoms in total. The van der Waals surface area contributed by atoms with E-state index in [1.807, 2.05) is 6.92 Å². The second-order valence-electron chi connectivity index (χ2n) is 4.72. The quantitative estimate of drug-likeness (QED) is 0.764. The lowest BCUT2D eigenvalue weighted by molar-refractivity contribution is 0.146. The van der Waals surface area contributed by atoms with E-state index in [0.29, 0.717) is 6.42 Å². The highest BCUT2D eigenvalue weighted by Crippen LogP contribution is 2.29. The number of aromatic nitrogens is 3. The topological polar surface area (TPSA) is 59.9 Å². The summed E-state index contributed by atoms with van der Waals surface area (Å²) in [5, 5.41) is 2.76. The summed E-state index contributed by atoms with van der Waals surface area (Å²) in [6.45, 7) is 1.85. The Morgan fingerprint density at radius 3 is 2.62 bits per heavy atom. The maximum absolute atomic E-state index is 13.6. The van der Waals surface area contributed by atoms with Crippen LogP contribution in [0.2, 0.25) is 10.0 Å². The van der Waals surface area contributed by atoms with E-state index >= 15 is 0 Å². The van der Waals surface area contributed by atoms with Crippen molar-refractivity contribution in [1.82, 2.24) is 15.0 Å². The van der Waals surface area contributed by atoms with Crippen molar-refractivity contribution in [1.29, 1.82) is 0 Å². The standard InChI is InChI=1S/C14H13Cl2F3N4O/c1-2-8(5-24-14-9(17)3-7(15)4-20-14)23-13-10(16)11(12(18)19)21-6-22-13/h3-4,6,8,12H,2,5H2,1H3,(H,21,22,23). The van der Waals surface area contributed by atoms with Gasteiger partial charge in [0.15, 0.2) is 5.82 Å². The van der Waals surface area contributed by atoms with Crippen LogP contribution in [0.1, 0.15) is 25.5 Å². The third-order valence-corrected chi connectivity index (χ3v) is 3.63. The van der Waals surface area contributed by atoms with Gasteiger partial charge in [0, 0.05) is 6.20 Å². The van der Waals surface area contributed by atoms with E-state index in [0.717, 1.165) is 12.4 Å². The third-order valence-electron chi connectivity index (χ3n) is 3.05. The summed E-state index contributed by atoms with van der Waals surface area (Å²) in [6.07, 6.45) is -0.0295. The number of nitrogens with zero attached hydrogens (tertiary/aromatic N) is 3. The number of anilines is 1. The Morgan fingerprint density at radius 2 is 2.00 bits per heavy atom. The van der Waals surface area contributed by atoms with Crippen molar-refractivity contribution in [3.8, 4) is 5.88 Å². The maximum Gasteiger partial charge on any atom is 0.282 e. The number of alkyl halides is 2. The zero-order valence-electron chi connectivity index (χ0n) is 12.4. The minimum atomic E-state index is -2.82. The summed E-state index contributed by atoms with van der Waals surface area (Å²) < 4.78 is 44.5. The monoisotopic (exact) mass is 380 g/mol. The molecule has 1 unspecified atom stereocenters. The first-order valence-corrected chi connectivity index (χ1v) is 7.66. The van der Waals surface area contributed by atoms with Crippen molar-refractivity contribution < 1.29 is 17.9 Å². The van der Waals surface area contributed by atoms with Crippen molar-refractivity contribution >= 4 is 29.0 Å². The number of ether oxygens (including phenoxy) is 1. The van der Waals surface area contributed by atoms with Crippen LogP contribution in [0.15, 0.2) is 18.6 Å². The Morgan fingerprint density at radius 1 is 1.25 bits per heavy atom. The number of nitrogens with one attached hydrogen (secondary N) is 1. The Bertz CT molecular complexity index is 706. The molecule has 0 aliphatic heterocycles. The Balaban J connectivity index is 2.06. The van der Waals surface area contributed by atoms with E-state index in [4.69, 9.17) is 27.9 Å². The van der Waals surface area contributed by atoms with E-state index in [1.54, 1.807) is 0 Å². The number of hydrogen-bond donors (Lipinski definition) is 1. The number of rotatable bonds is 7. The Hall–Kier alpha value is -1.80. The molecule has 0 amide bonds. The second kappa shape index (κ2) is 8.34. The first-order chi connectivity index (χ1) is 11.4. The molecule has 2 aromatic heterocycles. The van der Waals surface area contributed by atoms with E-state index in [2.05, 4.69) is 20.3 Å². The van der Waals surface area contributed by atoms with E-state index in [9.17, 15) is 13.2 Å². The molecule has 1 N–H and O–H groups in total. The highest BCUT2D eigenvalue weighted by molar-refractivity contribution is 6.33. The van der Waals surface area contributed by atoms with Crippen LogP contribution >= 0.6 is 23.2 Å². The van der Waals surface area contributed by atoms with Crippen molar-refractivity contribution in [2.24, 2.45) is 0 Å². The Kier molecular flexibility index (Phi) is 6.44. The van der Waals surface area contributed by atoms with Gasteiger partial charge in [-0.2, -0.15) is 0 Å². The minimum Gasteiger partial charge on any atom is -0.473 e. The lowest BCUT2D eigenvalue weighted by atomic mass is 10.2. The normalized spacial score (nSPS) is 12.3. The van der Waals surface area contributed by atoms with Gasteiger partial charge < -0.3 is 10.1 Å². The lowest BCUT2D eigenvalue weighted by Gasteiger charge is -2.19. The van der Waals surface area contributed by atoms with Gasteiger partial charge in [0.25, 0.3) is 12.3 Å². The molecule has 130 valence electrons. The molecule has 0 aromatic carbocycles. The van der Waals surface area contributed by atoms with E-state index in [-0.39, 0.29) is 34.4 Å². The van der Waals surface area contributed by atoms with Gasteiger partial charge >= 0.3 is 0 Å². The average Bonchev–Trinajstić information content (AvgIpc) is 2.54. The minimum absolute atomic E-state index is 0.0202. The zero-order valence-corrected chi connectivity index (χ0v) is 14.0. The molecule has 0 saturated heterocycles. The molecular formula is C14H13Cl2F3N4O. The number of halogens is 5. The molecule has 0 spiro atoms. The summed E-state index contributed by atoms with van der Waals surface area (Å²) >= 11 is 11.5. The van der Waals surface area contributed by atoms with Crippen molar-refractivity contribution in [3.63, 3.8) is 0 Å². The summed E-state index contributed by atoms with van der Waals surface area (Å²) in [7, 11) is 0. The molecule has 2 rings (SSSR count). The molecule has 2 heterocycles. The molecule has 10 heteroatoms. The van der Waals surface area contributed by atoms with Gasteiger partial charge in [-0.05, 0) is 12.5 Å². The third kappa shape index (κ3) is 4.61. The first kappa shape index (κ1) is 18.5. The molecule has 0 fully saturated rings. The molecule has 24 heavy (non-hydrogen) atoms. The zero-order chi connectivity index (χ0) is 17.7. The van der Waals surface area contributed by atoms with Crippen LogP contribution in [-0.4, -0.2) is 27.6 Å². The van der Waals surface area contributed by atoms with Crippen LogP contribution < -0.4 is 10.1 Å². The smallest absolute Gasteiger partial charge is 0.282 e. The van der Waals surface area contributed by atoms with Gasteiger partial charge in [0.2, 0.25) is 0 Å². The van der Waals surface area contributed by atoms with Crippen LogP contribution in [0, 0.1) is 5.82 Å². The van der Waals surface area contributed by atoms with Gasteiger partial charge in [0.05, 0.1) is 11.1 Å². The highest BCUT2D eigenvalue weighted by Gasteiger charge is 2.19. The largest absolute Gasteiger partial charge is 0.473 e. The van der Waals surface area contributed by atoms with Crippen molar-refractivity contribution in [3.05, 3.63) is 40.1 Å². The fourth-order valence-corrected chi connectivity index (χ4v) is 2.16. The number of hydrogen-bond acceptors (Lipinski definition) is 5. The van der Waals surface area contributed by atoms with Crippen molar-refractivity contribution in [2.75, 3.05) is 11.9 Å². The van der Waals surface area contributed by atoms with Crippen molar-refractivity contribution in [2.45, 2.75) is 25.8 Å². The van der Waals surface area contributed by atoms with Gasteiger partial charge in [0.1, 0.15) is 29.5 Å². The second-order valence-corrected chi connectivity index (χ2v) is 5.54. The summed E-state index contributed by atoms with van der Waals surface area (Å²) in [5.41, 5.74) is -0.560. The van der Waals surface area contributed by atoms with Crippen LogP contribution in [0.3, 0.4) is 0 Å². The highest BCUT2D eigenvalue weighted by atomic mass is 35.5. The van der Waals surface area contributed by atoms with E-state index in [1.165, 1.54) is 6.20 Å². The van der Waals surface area contributed by atoms with Crippen LogP contribution in [0.4, 0.5) is 19.0 Å². The molecule has 2 aromatic rings. The van der Waals surface area contributed by atoms with E-state index < -0.39 is 17.9 Å². The predicted molar refractivity (Wildman–Crippen MR) is 84.4 cm³/mol. The van der Waals surface area contributed by atoms with Gasteiger partial charge in [-0.25, -0.2) is 28.1 Å².